The molecule has 0 N–H and O–H groups in total. The Morgan fingerprint density at radius 3 is 2.50 bits per heavy atom. The maximum atomic E-state index is 5.51. The Morgan fingerprint density at radius 1 is 1.29 bits per heavy atom. The van der Waals surface area contributed by atoms with Crippen molar-refractivity contribution < 1.29 is 4.74 Å². The monoisotopic (exact) mass is 190 g/mol. The van der Waals surface area contributed by atoms with E-state index in [0.29, 0.717) is 5.92 Å². The van der Waals surface area contributed by atoms with Crippen LogP contribution in [0, 0.1) is 5.92 Å². The summed E-state index contributed by atoms with van der Waals surface area (Å²) in [6.07, 6.45) is 0.951. The molecule has 0 aliphatic heterocycles. The van der Waals surface area contributed by atoms with Crippen LogP contribution < -0.4 is 0 Å². The fourth-order valence-electron chi connectivity index (χ4n) is 1.11. The third-order valence-electron chi connectivity index (χ3n) is 2.16. The van der Waals surface area contributed by atoms with Gasteiger partial charge in [-0.1, -0.05) is 50.8 Å². The molecule has 14 heavy (non-hydrogen) atoms. The summed E-state index contributed by atoms with van der Waals surface area (Å²) in [6.45, 7) is 8.76. The van der Waals surface area contributed by atoms with Crippen molar-refractivity contribution in [2.24, 2.45) is 5.92 Å². The summed E-state index contributed by atoms with van der Waals surface area (Å²) < 4.78 is 5.51. The smallest absolute Gasteiger partial charge is 0.0917 e. The first-order chi connectivity index (χ1) is 6.70. The Morgan fingerprint density at radius 2 is 1.93 bits per heavy atom. The van der Waals surface area contributed by atoms with Gasteiger partial charge >= 0.3 is 0 Å². The molecule has 76 valence electrons. The lowest BCUT2D eigenvalue weighted by Crippen LogP contribution is -2.02. The molecule has 0 amide bonds. The lowest BCUT2D eigenvalue weighted by Gasteiger charge is -2.11. The normalized spacial score (nSPS) is 10.2. The van der Waals surface area contributed by atoms with E-state index >= 15 is 0 Å². The minimum Gasteiger partial charge on any atom is -0.498 e. The van der Waals surface area contributed by atoms with Crippen LogP contribution in [-0.2, 0) is 11.2 Å². The van der Waals surface area contributed by atoms with Crippen LogP contribution in [-0.4, -0.2) is 6.61 Å². The van der Waals surface area contributed by atoms with Gasteiger partial charge in [-0.3, -0.25) is 0 Å². The highest BCUT2D eigenvalue weighted by molar-refractivity contribution is 5.14. The second-order valence-electron chi connectivity index (χ2n) is 3.71. The SMILES string of the molecule is C=C(OCCc1ccccc1)C(C)C. The Kier molecular flexibility index (Phi) is 4.24. The second-order valence-corrected chi connectivity index (χ2v) is 3.71. The summed E-state index contributed by atoms with van der Waals surface area (Å²) in [5.41, 5.74) is 1.31. The third-order valence-corrected chi connectivity index (χ3v) is 2.16. The molecule has 1 nitrogen and oxygen atoms in total. The van der Waals surface area contributed by atoms with Crippen molar-refractivity contribution in [1.29, 1.82) is 0 Å². The van der Waals surface area contributed by atoms with E-state index in [1.807, 2.05) is 18.2 Å². The maximum absolute atomic E-state index is 5.51. The zero-order valence-corrected chi connectivity index (χ0v) is 8.99. The molecule has 0 aliphatic rings. The number of allylic oxidation sites excluding steroid dienone is 1. The number of hydrogen-bond donors (Lipinski definition) is 0. The van der Waals surface area contributed by atoms with Crippen molar-refractivity contribution >= 4 is 0 Å². The molecule has 0 fully saturated rings. The average molecular weight is 190 g/mol. The fourth-order valence-corrected chi connectivity index (χ4v) is 1.11. The molecule has 1 rings (SSSR count). The molecule has 0 spiro atoms. The number of benzene rings is 1. The zero-order chi connectivity index (χ0) is 10.4. The molecule has 0 atom stereocenters. The Labute approximate surface area is 86.4 Å². The van der Waals surface area contributed by atoms with E-state index in [-0.39, 0.29) is 0 Å². The molecular weight excluding hydrogens is 172 g/mol. The van der Waals surface area contributed by atoms with Gasteiger partial charge in [0.2, 0.25) is 0 Å². The number of rotatable bonds is 5. The molecule has 0 saturated heterocycles. The van der Waals surface area contributed by atoms with E-state index in [0.717, 1.165) is 18.8 Å². The van der Waals surface area contributed by atoms with Gasteiger partial charge in [-0.2, -0.15) is 0 Å². The molecule has 1 aromatic rings. The van der Waals surface area contributed by atoms with Gasteiger partial charge in [-0.05, 0) is 5.56 Å². The Hall–Kier alpha value is -1.24. The van der Waals surface area contributed by atoms with Gasteiger partial charge in [0.25, 0.3) is 0 Å². The second kappa shape index (κ2) is 5.48. The lowest BCUT2D eigenvalue weighted by molar-refractivity contribution is 0.190. The number of hydrogen-bond acceptors (Lipinski definition) is 1. The first-order valence-corrected chi connectivity index (χ1v) is 5.05. The fraction of sp³-hybridized carbons (Fsp3) is 0.385. The first kappa shape index (κ1) is 10.8. The van der Waals surface area contributed by atoms with E-state index < -0.39 is 0 Å². The van der Waals surface area contributed by atoms with E-state index in [9.17, 15) is 0 Å². The van der Waals surface area contributed by atoms with Crippen LogP contribution in [0.4, 0.5) is 0 Å². The largest absolute Gasteiger partial charge is 0.498 e. The maximum Gasteiger partial charge on any atom is 0.0917 e. The van der Waals surface area contributed by atoms with Crippen LogP contribution >= 0.6 is 0 Å². The lowest BCUT2D eigenvalue weighted by atomic mass is 10.1. The minimum atomic E-state index is 0.408. The van der Waals surface area contributed by atoms with Crippen molar-refractivity contribution in [1.82, 2.24) is 0 Å². The first-order valence-electron chi connectivity index (χ1n) is 5.05. The van der Waals surface area contributed by atoms with Crippen LogP contribution in [0.1, 0.15) is 19.4 Å². The van der Waals surface area contributed by atoms with Crippen LogP contribution in [0.3, 0.4) is 0 Å². The van der Waals surface area contributed by atoms with Crippen molar-refractivity contribution in [3.8, 4) is 0 Å². The molecule has 0 unspecified atom stereocenters. The predicted molar refractivity (Wildman–Crippen MR) is 60.1 cm³/mol. The summed E-state index contributed by atoms with van der Waals surface area (Å²) in [6, 6.07) is 10.3. The highest BCUT2D eigenvalue weighted by Gasteiger charge is 2.00. The van der Waals surface area contributed by atoms with Crippen LogP contribution in [0.5, 0.6) is 0 Å². The zero-order valence-electron chi connectivity index (χ0n) is 8.99. The van der Waals surface area contributed by atoms with Crippen LogP contribution in [0.15, 0.2) is 42.7 Å². The Balaban J connectivity index is 2.26. The van der Waals surface area contributed by atoms with Gasteiger partial charge in [0.05, 0.1) is 12.4 Å². The molecule has 0 heterocycles. The van der Waals surface area contributed by atoms with E-state index in [2.05, 4.69) is 32.6 Å². The molecule has 0 aromatic heterocycles. The summed E-state index contributed by atoms with van der Waals surface area (Å²) in [4.78, 5) is 0. The highest BCUT2D eigenvalue weighted by Crippen LogP contribution is 2.09. The Bertz CT molecular complexity index is 275. The molecule has 1 heteroatoms. The highest BCUT2D eigenvalue weighted by atomic mass is 16.5. The van der Waals surface area contributed by atoms with E-state index in [4.69, 9.17) is 4.74 Å². The standard InChI is InChI=1S/C13H18O/c1-11(2)12(3)14-10-9-13-7-5-4-6-8-13/h4-8,11H,3,9-10H2,1-2H3. The topological polar surface area (TPSA) is 9.23 Å². The van der Waals surface area contributed by atoms with Crippen molar-refractivity contribution in [3.63, 3.8) is 0 Å². The molecule has 1 aromatic carbocycles. The van der Waals surface area contributed by atoms with E-state index in [1.54, 1.807) is 0 Å². The van der Waals surface area contributed by atoms with Crippen molar-refractivity contribution in [2.45, 2.75) is 20.3 Å². The minimum absolute atomic E-state index is 0.408. The number of ether oxygens (including phenoxy) is 1. The van der Waals surface area contributed by atoms with Gasteiger partial charge in [-0.25, -0.2) is 0 Å². The molecular formula is C13H18O. The summed E-state index contributed by atoms with van der Waals surface area (Å²) >= 11 is 0. The molecule has 0 saturated carbocycles. The van der Waals surface area contributed by atoms with Crippen LogP contribution in [0.2, 0.25) is 0 Å². The molecule has 0 bridgehead atoms. The van der Waals surface area contributed by atoms with Crippen LogP contribution in [0.25, 0.3) is 0 Å². The average Bonchev–Trinajstić information content (AvgIpc) is 2.19. The van der Waals surface area contributed by atoms with Gasteiger partial charge < -0.3 is 4.74 Å². The third kappa shape index (κ3) is 3.65. The summed E-state index contributed by atoms with van der Waals surface area (Å²) in [5.74, 6) is 1.28. The van der Waals surface area contributed by atoms with Crippen molar-refractivity contribution in [2.75, 3.05) is 6.61 Å². The van der Waals surface area contributed by atoms with Gasteiger partial charge in [0.15, 0.2) is 0 Å². The predicted octanol–water partition coefficient (Wildman–Crippen LogP) is 3.42. The van der Waals surface area contributed by atoms with Gasteiger partial charge in [0, 0.05) is 12.3 Å². The van der Waals surface area contributed by atoms with Gasteiger partial charge in [-0.15, -0.1) is 0 Å². The molecule has 0 radical (unpaired) electrons. The quantitative estimate of drug-likeness (QED) is 0.646. The molecule has 0 aliphatic carbocycles. The summed E-state index contributed by atoms with van der Waals surface area (Å²) in [7, 11) is 0. The summed E-state index contributed by atoms with van der Waals surface area (Å²) in [5, 5.41) is 0. The van der Waals surface area contributed by atoms with Gasteiger partial charge in [0.1, 0.15) is 0 Å². The van der Waals surface area contributed by atoms with Crippen molar-refractivity contribution in [3.05, 3.63) is 48.2 Å². The van der Waals surface area contributed by atoms with E-state index in [1.165, 1.54) is 5.56 Å².